The van der Waals surface area contributed by atoms with Crippen molar-refractivity contribution in [2.45, 2.75) is 64.0 Å². The highest BCUT2D eigenvalue weighted by atomic mass is 16.2. The minimum absolute atomic E-state index is 0.0284. The Balaban J connectivity index is 1.68. The van der Waals surface area contributed by atoms with Gasteiger partial charge in [0.25, 0.3) is 0 Å². The van der Waals surface area contributed by atoms with E-state index in [4.69, 9.17) is 0 Å². The number of rotatable bonds is 3. The zero-order chi connectivity index (χ0) is 16.9. The predicted octanol–water partition coefficient (Wildman–Crippen LogP) is 3.06. The Bertz CT molecular complexity index is 594. The standard InChI is InChI=1S/C19H27N3O2/c1-14(20-15-9-5-3-2-4-6-10-15)19(24)22-13-18(23)21-16-11-7-8-12-17(16)22/h7-8,11-12,14-15,20H,2-6,9-10,13H2,1H3,(H,21,23)/t14-/m0/s1. The Morgan fingerprint density at radius 3 is 2.58 bits per heavy atom. The van der Waals surface area contributed by atoms with Gasteiger partial charge in [-0.3, -0.25) is 14.5 Å². The fraction of sp³-hybridized carbons (Fsp3) is 0.579. The van der Waals surface area contributed by atoms with Crippen LogP contribution >= 0.6 is 0 Å². The molecule has 2 aliphatic rings. The summed E-state index contributed by atoms with van der Waals surface area (Å²) < 4.78 is 0. The summed E-state index contributed by atoms with van der Waals surface area (Å²) in [5.41, 5.74) is 1.49. The Morgan fingerprint density at radius 2 is 1.83 bits per heavy atom. The second kappa shape index (κ2) is 7.79. The molecule has 2 N–H and O–H groups in total. The third kappa shape index (κ3) is 3.96. The highest BCUT2D eigenvalue weighted by molar-refractivity contribution is 6.11. The van der Waals surface area contributed by atoms with Crippen molar-refractivity contribution in [1.82, 2.24) is 5.32 Å². The second-order valence-electron chi connectivity index (χ2n) is 6.92. The summed E-state index contributed by atoms with van der Waals surface area (Å²) in [6.07, 6.45) is 8.64. The number of hydrogen-bond acceptors (Lipinski definition) is 3. The monoisotopic (exact) mass is 329 g/mol. The number of para-hydroxylation sites is 2. The van der Waals surface area contributed by atoms with Crippen molar-refractivity contribution in [2.75, 3.05) is 16.8 Å². The normalized spacial score (nSPS) is 20.5. The van der Waals surface area contributed by atoms with E-state index in [0.29, 0.717) is 11.7 Å². The Kier molecular flexibility index (Phi) is 5.51. The smallest absolute Gasteiger partial charge is 0.244 e. The van der Waals surface area contributed by atoms with Crippen molar-refractivity contribution in [2.24, 2.45) is 0 Å². The fourth-order valence-corrected chi connectivity index (χ4v) is 3.71. The molecule has 2 amide bonds. The molecule has 0 radical (unpaired) electrons. The molecule has 3 rings (SSSR count). The molecule has 24 heavy (non-hydrogen) atoms. The molecule has 0 spiro atoms. The molecule has 1 atom stereocenters. The summed E-state index contributed by atoms with van der Waals surface area (Å²) in [5.74, 6) is -0.167. The van der Waals surface area contributed by atoms with Crippen LogP contribution < -0.4 is 15.5 Å². The molecule has 130 valence electrons. The Hall–Kier alpha value is -1.88. The lowest BCUT2D eigenvalue weighted by atomic mass is 9.96. The number of hydrogen-bond donors (Lipinski definition) is 2. The maximum Gasteiger partial charge on any atom is 0.244 e. The molecule has 5 heteroatoms. The van der Waals surface area contributed by atoms with Crippen LogP contribution in [0.4, 0.5) is 11.4 Å². The molecule has 1 aromatic carbocycles. The van der Waals surface area contributed by atoms with E-state index in [9.17, 15) is 9.59 Å². The summed E-state index contributed by atoms with van der Waals surface area (Å²) in [7, 11) is 0. The van der Waals surface area contributed by atoms with Crippen molar-refractivity contribution in [3.63, 3.8) is 0 Å². The summed E-state index contributed by atoms with van der Waals surface area (Å²) in [6.45, 7) is 2.00. The molecule has 1 aliphatic heterocycles. The van der Waals surface area contributed by atoms with E-state index in [1.807, 2.05) is 31.2 Å². The first-order valence-electron chi connectivity index (χ1n) is 9.11. The topological polar surface area (TPSA) is 61.4 Å². The summed E-state index contributed by atoms with van der Waals surface area (Å²) in [5, 5.41) is 6.33. The van der Waals surface area contributed by atoms with Gasteiger partial charge in [0.2, 0.25) is 11.8 Å². The van der Waals surface area contributed by atoms with Gasteiger partial charge in [-0.2, -0.15) is 0 Å². The Labute approximate surface area is 143 Å². The molecule has 1 fully saturated rings. The van der Waals surface area contributed by atoms with Crippen LogP contribution in [0.25, 0.3) is 0 Å². The van der Waals surface area contributed by atoms with Crippen LogP contribution in [-0.2, 0) is 9.59 Å². The van der Waals surface area contributed by atoms with E-state index in [1.165, 1.54) is 32.1 Å². The van der Waals surface area contributed by atoms with Crippen LogP contribution in [0.15, 0.2) is 24.3 Å². The van der Waals surface area contributed by atoms with Crippen molar-refractivity contribution < 1.29 is 9.59 Å². The van der Waals surface area contributed by atoms with Crippen molar-refractivity contribution in [1.29, 1.82) is 0 Å². The van der Waals surface area contributed by atoms with Gasteiger partial charge in [0.15, 0.2) is 0 Å². The zero-order valence-electron chi connectivity index (χ0n) is 14.4. The van der Waals surface area contributed by atoms with Crippen LogP contribution in [0.1, 0.15) is 51.9 Å². The SMILES string of the molecule is C[C@H](NC1CCCCCCC1)C(=O)N1CC(=O)Nc2ccccc21. The number of carbonyl (C=O) groups excluding carboxylic acids is 2. The minimum atomic E-state index is -0.284. The number of amides is 2. The van der Waals surface area contributed by atoms with Crippen molar-refractivity contribution in [3.05, 3.63) is 24.3 Å². The van der Waals surface area contributed by atoms with Gasteiger partial charge in [0.05, 0.1) is 17.4 Å². The summed E-state index contributed by atoms with van der Waals surface area (Å²) >= 11 is 0. The predicted molar refractivity (Wildman–Crippen MR) is 96.1 cm³/mol. The molecule has 1 saturated carbocycles. The number of nitrogens with one attached hydrogen (secondary N) is 2. The maximum absolute atomic E-state index is 12.9. The molecule has 1 aliphatic carbocycles. The number of carbonyl (C=O) groups is 2. The lowest BCUT2D eigenvalue weighted by molar-refractivity contribution is -0.123. The molecular weight excluding hydrogens is 302 g/mol. The van der Waals surface area contributed by atoms with Gasteiger partial charge in [-0.25, -0.2) is 0 Å². The quantitative estimate of drug-likeness (QED) is 0.896. The van der Waals surface area contributed by atoms with Gasteiger partial charge < -0.3 is 10.6 Å². The first kappa shape index (κ1) is 17.0. The molecule has 0 unspecified atom stereocenters. The number of benzene rings is 1. The minimum Gasteiger partial charge on any atom is -0.323 e. The maximum atomic E-state index is 12.9. The first-order valence-corrected chi connectivity index (χ1v) is 9.11. The van der Waals surface area contributed by atoms with Gasteiger partial charge in [-0.1, -0.05) is 44.2 Å². The lowest BCUT2D eigenvalue weighted by Crippen LogP contribution is -2.52. The van der Waals surface area contributed by atoms with Crippen LogP contribution in [0.5, 0.6) is 0 Å². The average Bonchev–Trinajstić information content (AvgIpc) is 2.55. The Morgan fingerprint density at radius 1 is 1.17 bits per heavy atom. The molecule has 5 nitrogen and oxygen atoms in total. The van der Waals surface area contributed by atoms with E-state index in [0.717, 1.165) is 18.5 Å². The molecule has 0 saturated heterocycles. The van der Waals surface area contributed by atoms with E-state index in [-0.39, 0.29) is 24.4 Å². The van der Waals surface area contributed by atoms with Crippen LogP contribution in [0, 0.1) is 0 Å². The molecular formula is C19H27N3O2. The van der Waals surface area contributed by atoms with E-state index < -0.39 is 0 Å². The van der Waals surface area contributed by atoms with Gasteiger partial charge in [-0.15, -0.1) is 0 Å². The average molecular weight is 329 g/mol. The summed E-state index contributed by atoms with van der Waals surface area (Å²) in [4.78, 5) is 26.4. The number of fused-ring (bicyclic) bond motifs is 1. The van der Waals surface area contributed by atoms with Gasteiger partial charge in [0, 0.05) is 6.04 Å². The molecule has 0 aromatic heterocycles. The number of anilines is 2. The molecule has 1 aromatic rings. The fourth-order valence-electron chi connectivity index (χ4n) is 3.71. The van der Waals surface area contributed by atoms with Crippen LogP contribution in [-0.4, -0.2) is 30.4 Å². The third-order valence-electron chi connectivity index (χ3n) is 5.00. The number of nitrogens with zero attached hydrogens (tertiary/aromatic N) is 1. The van der Waals surface area contributed by atoms with Crippen molar-refractivity contribution in [3.8, 4) is 0 Å². The highest BCUT2D eigenvalue weighted by Gasteiger charge is 2.30. The zero-order valence-corrected chi connectivity index (χ0v) is 14.4. The van der Waals surface area contributed by atoms with Gasteiger partial charge >= 0.3 is 0 Å². The van der Waals surface area contributed by atoms with Crippen LogP contribution in [0.2, 0.25) is 0 Å². The van der Waals surface area contributed by atoms with E-state index >= 15 is 0 Å². The van der Waals surface area contributed by atoms with E-state index in [2.05, 4.69) is 10.6 Å². The highest BCUT2D eigenvalue weighted by Crippen LogP contribution is 2.29. The van der Waals surface area contributed by atoms with Crippen LogP contribution in [0.3, 0.4) is 0 Å². The summed E-state index contributed by atoms with van der Waals surface area (Å²) in [6, 6.07) is 7.59. The van der Waals surface area contributed by atoms with Gasteiger partial charge in [0.1, 0.15) is 6.54 Å². The third-order valence-corrected chi connectivity index (χ3v) is 5.00. The van der Waals surface area contributed by atoms with E-state index in [1.54, 1.807) is 4.90 Å². The first-order chi connectivity index (χ1) is 11.6. The molecule has 1 heterocycles. The lowest BCUT2D eigenvalue weighted by Gasteiger charge is -2.32. The van der Waals surface area contributed by atoms with Gasteiger partial charge in [-0.05, 0) is 31.9 Å². The van der Waals surface area contributed by atoms with Crippen molar-refractivity contribution >= 4 is 23.2 Å². The molecule has 0 bridgehead atoms. The largest absolute Gasteiger partial charge is 0.323 e. The second-order valence-corrected chi connectivity index (χ2v) is 6.92.